The molecule has 6 aromatic rings. The maximum absolute atomic E-state index is 8.98. The molecule has 0 radical (unpaired) electrons. The van der Waals surface area contributed by atoms with Gasteiger partial charge in [-0.05, 0) is 36.4 Å². The van der Waals surface area contributed by atoms with Crippen molar-refractivity contribution in [2.24, 2.45) is 15.5 Å². The zero-order valence-corrected chi connectivity index (χ0v) is 32.2. The second-order valence-corrected chi connectivity index (χ2v) is 9.54. The van der Waals surface area contributed by atoms with E-state index in [1.165, 1.54) is 0 Å². The monoisotopic (exact) mass is 832 g/mol. The van der Waals surface area contributed by atoms with E-state index in [1.807, 2.05) is 146 Å². The number of hydrogen-bond acceptors (Lipinski definition) is 15. The van der Waals surface area contributed by atoms with Gasteiger partial charge in [0.25, 0.3) is 0 Å². The zero-order chi connectivity index (χ0) is 38.7. The van der Waals surface area contributed by atoms with Gasteiger partial charge in [0.05, 0.1) is 27.3 Å². The number of oxime groups is 3. The molecule has 3 N–H and O–H groups in total. The van der Waals surface area contributed by atoms with Crippen molar-refractivity contribution in [3.8, 4) is 0 Å². The quantitative estimate of drug-likeness (QED) is 0.0538. The molecular formula is C36H30CdN8O9. The Kier molecular flexibility index (Phi) is 22.1. The summed E-state index contributed by atoms with van der Waals surface area (Å²) in [5.41, 5.74) is 5.96. The van der Waals surface area contributed by atoms with Crippen LogP contribution in [0.5, 0.6) is 0 Å². The molecule has 0 spiro atoms. The molecule has 270 valence electrons. The number of benzene rings is 3. The first kappa shape index (κ1) is 44.9. The van der Waals surface area contributed by atoms with Gasteiger partial charge in [0.1, 0.15) is 17.1 Å². The van der Waals surface area contributed by atoms with Crippen molar-refractivity contribution in [2.45, 2.75) is 0 Å². The topological polar surface area (TPSA) is 269 Å². The van der Waals surface area contributed by atoms with Crippen LogP contribution in [0.15, 0.2) is 180 Å². The van der Waals surface area contributed by atoms with Crippen molar-refractivity contribution >= 4 is 17.1 Å². The molecule has 0 amide bonds. The van der Waals surface area contributed by atoms with E-state index in [1.54, 1.807) is 18.6 Å². The Labute approximate surface area is 328 Å². The van der Waals surface area contributed by atoms with Gasteiger partial charge in [-0.15, -0.1) is 0 Å². The van der Waals surface area contributed by atoms with Crippen LogP contribution in [-0.2, 0) is 27.3 Å². The van der Waals surface area contributed by atoms with Crippen molar-refractivity contribution in [1.29, 1.82) is 0 Å². The second-order valence-electron chi connectivity index (χ2n) is 9.54. The summed E-state index contributed by atoms with van der Waals surface area (Å²) < 4.78 is 0. The molecule has 0 aliphatic rings. The van der Waals surface area contributed by atoms with E-state index < -0.39 is 10.2 Å². The Hall–Kier alpha value is -7.16. The average Bonchev–Trinajstić information content (AvgIpc) is 3.19. The molecule has 17 nitrogen and oxygen atoms in total. The fourth-order valence-corrected chi connectivity index (χ4v) is 4.07. The predicted octanol–water partition coefficient (Wildman–Crippen LogP) is 6.44. The molecule has 6 rings (SSSR count). The smallest absolute Gasteiger partial charge is 0.410 e. The van der Waals surface area contributed by atoms with Crippen LogP contribution in [0, 0.1) is 30.6 Å². The third-order valence-corrected chi connectivity index (χ3v) is 6.16. The summed E-state index contributed by atoms with van der Waals surface area (Å²) in [6.07, 6.45) is 5.01. The van der Waals surface area contributed by atoms with E-state index >= 15 is 0 Å². The van der Waals surface area contributed by atoms with Crippen LogP contribution >= 0.6 is 0 Å². The third-order valence-electron chi connectivity index (χ3n) is 6.16. The van der Waals surface area contributed by atoms with E-state index in [4.69, 9.17) is 46.3 Å². The van der Waals surface area contributed by atoms with Crippen molar-refractivity contribution in [3.63, 3.8) is 0 Å². The van der Waals surface area contributed by atoms with Gasteiger partial charge >= 0.3 is 27.3 Å². The first-order valence-electron chi connectivity index (χ1n) is 14.9. The molecule has 54 heavy (non-hydrogen) atoms. The van der Waals surface area contributed by atoms with Gasteiger partial charge in [-0.3, -0.25) is 15.0 Å². The number of hydrogen-bond donors (Lipinski definition) is 3. The molecule has 0 saturated carbocycles. The zero-order valence-electron chi connectivity index (χ0n) is 28.2. The maximum atomic E-state index is 8.98. The van der Waals surface area contributed by atoms with Crippen LogP contribution in [-0.4, -0.2) is 57.9 Å². The van der Waals surface area contributed by atoms with Crippen molar-refractivity contribution < 1.29 is 53.1 Å². The Balaban J connectivity index is 0.000000365. The van der Waals surface area contributed by atoms with Gasteiger partial charge in [-0.1, -0.05) is 125 Å². The maximum Gasteiger partial charge on any atom is 2.00 e. The SMILES string of the molecule is O/N=C(\c1ccccc1)c1ccccn1.O/N=C(\c1ccccc1)c1ccccn1.O/N=C(\c1ccccc1)c1ccccn1.O=[N+]([O-])[O-].O=[N+]([O-])[O-].[Cd+2]. The van der Waals surface area contributed by atoms with E-state index in [-0.39, 0.29) is 27.3 Å². The van der Waals surface area contributed by atoms with Gasteiger partial charge in [0.2, 0.25) is 0 Å². The number of aromatic nitrogens is 3. The summed E-state index contributed by atoms with van der Waals surface area (Å²) in [5, 5.41) is 66.3. The fourth-order valence-electron chi connectivity index (χ4n) is 4.07. The minimum Gasteiger partial charge on any atom is -0.410 e. The molecule has 0 unspecified atom stereocenters. The summed E-state index contributed by atoms with van der Waals surface area (Å²) in [5.74, 6) is 0. The fraction of sp³-hybridized carbons (Fsp3) is 0. The van der Waals surface area contributed by atoms with Crippen LogP contribution in [0.3, 0.4) is 0 Å². The predicted molar refractivity (Wildman–Crippen MR) is 195 cm³/mol. The normalized spacial score (nSPS) is 10.3. The Morgan fingerprint density at radius 1 is 0.407 bits per heavy atom. The average molecular weight is 831 g/mol. The minimum atomic E-state index is -1.75. The molecule has 0 fully saturated rings. The van der Waals surface area contributed by atoms with Gasteiger partial charge in [0, 0.05) is 35.3 Å². The standard InChI is InChI=1S/3C12H10N2O.Cd.2NO3/c3*15-14-12(10-6-2-1-3-7-10)11-8-4-5-9-13-11;;2*2-1(3)4/h3*1-9,15H;;;/q;;;+2;2*-1/b3*14-12+;;;. The third kappa shape index (κ3) is 17.2. The van der Waals surface area contributed by atoms with Gasteiger partial charge in [-0.25, -0.2) is 0 Å². The molecule has 0 aliphatic heterocycles. The first-order chi connectivity index (χ1) is 25.7. The summed E-state index contributed by atoms with van der Waals surface area (Å²) in [6.45, 7) is 0. The van der Waals surface area contributed by atoms with E-state index in [0.29, 0.717) is 34.2 Å². The Morgan fingerprint density at radius 3 is 0.778 bits per heavy atom. The molecule has 3 aromatic heterocycles. The van der Waals surface area contributed by atoms with Crippen molar-refractivity contribution in [1.82, 2.24) is 15.0 Å². The van der Waals surface area contributed by atoms with Crippen molar-refractivity contribution in [2.75, 3.05) is 0 Å². The molecule has 3 aromatic carbocycles. The number of rotatable bonds is 6. The van der Waals surface area contributed by atoms with Gasteiger partial charge in [-0.2, -0.15) is 0 Å². The van der Waals surface area contributed by atoms with Crippen LogP contribution in [0.1, 0.15) is 33.8 Å². The van der Waals surface area contributed by atoms with E-state index in [9.17, 15) is 0 Å². The molecular weight excluding hydrogens is 801 g/mol. The Bertz CT molecular complexity index is 1660. The molecule has 0 atom stereocenters. The largest absolute Gasteiger partial charge is 2.00 e. The van der Waals surface area contributed by atoms with Gasteiger partial charge in [0.15, 0.2) is 0 Å². The summed E-state index contributed by atoms with van der Waals surface area (Å²) in [4.78, 5) is 28.9. The second kappa shape index (κ2) is 26.6. The van der Waals surface area contributed by atoms with E-state index in [2.05, 4.69) is 30.4 Å². The van der Waals surface area contributed by atoms with E-state index in [0.717, 1.165) is 16.7 Å². The van der Waals surface area contributed by atoms with Crippen LogP contribution < -0.4 is 0 Å². The summed E-state index contributed by atoms with van der Waals surface area (Å²) >= 11 is 0. The van der Waals surface area contributed by atoms with Crippen molar-refractivity contribution in [3.05, 3.63) is 229 Å². The molecule has 3 heterocycles. The van der Waals surface area contributed by atoms with Crippen LogP contribution in [0.2, 0.25) is 0 Å². The van der Waals surface area contributed by atoms with Crippen LogP contribution in [0.4, 0.5) is 0 Å². The number of pyridine rings is 3. The number of nitrogens with zero attached hydrogens (tertiary/aromatic N) is 8. The van der Waals surface area contributed by atoms with Crippen LogP contribution in [0.25, 0.3) is 0 Å². The summed E-state index contributed by atoms with van der Waals surface area (Å²) in [7, 11) is 0. The first-order valence-corrected chi connectivity index (χ1v) is 14.9. The minimum absolute atomic E-state index is 0. The molecule has 0 saturated heterocycles. The van der Waals surface area contributed by atoms with Gasteiger partial charge < -0.3 is 46.3 Å². The molecule has 0 aliphatic carbocycles. The Morgan fingerprint density at radius 2 is 0.611 bits per heavy atom. The summed E-state index contributed by atoms with van der Waals surface area (Å²) in [6, 6.07) is 44.8. The molecule has 18 heteroatoms. The molecule has 0 bridgehead atoms.